The Morgan fingerprint density at radius 3 is 2.24 bits per heavy atom. The molecule has 0 aliphatic heterocycles. The van der Waals surface area contributed by atoms with Gasteiger partial charge in [0.15, 0.2) is 0 Å². The molecule has 88 valence electrons. The van der Waals surface area contributed by atoms with E-state index in [1.807, 2.05) is 50.5 Å². The molecule has 1 N–H and O–H groups in total. The van der Waals surface area contributed by atoms with Crippen molar-refractivity contribution in [3.05, 3.63) is 64.4 Å². The summed E-state index contributed by atoms with van der Waals surface area (Å²) >= 11 is 5.89. The minimum absolute atomic E-state index is 0.153. The van der Waals surface area contributed by atoms with Gasteiger partial charge in [-0.15, -0.1) is 0 Å². The summed E-state index contributed by atoms with van der Waals surface area (Å²) in [6.07, 6.45) is 1.91. The minimum Gasteiger partial charge on any atom is -0.309 e. The number of halogens is 1. The van der Waals surface area contributed by atoms with Crippen LogP contribution in [0.1, 0.15) is 22.9 Å². The van der Waals surface area contributed by atoms with Gasteiger partial charge in [0, 0.05) is 16.9 Å². The first-order valence-corrected chi connectivity index (χ1v) is 5.94. The molecule has 1 heterocycles. The maximum absolute atomic E-state index is 5.89. The highest BCUT2D eigenvalue weighted by molar-refractivity contribution is 6.30. The summed E-state index contributed by atoms with van der Waals surface area (Å²) in [5.74, 6) is 0. The van der Waals surface area contributed by atoms with Crippen LogP contribution >= 0.6 is 11.6 Å². The molecule has 0 bridgehead atoms. The van der Waals surface area contributed by atoms with E-state index in [9.17, 15) is 0 Å². The van der Waals surface area contributed by atoms with E-state index in [1.54, 1.807) is 0 Å². The average molecular weight is 247 g/mol. The third kappa shape index (κ3) is 2.84. The second-order valence-electron chi connectivity index (χ2n) is 4.01. The van der Waals surface area contributed by atoms with Crippen molar-refractivity contribution in [2.45, 2.75) is 13.0 Å². The van der Waals surface area contributed by atoms with Gasteiger partial charge in [-0.3, -0.25) is 4.98 Å². The molecular formula is C14H15ClN2. The molecule has 1 aromatic carbocycles. The Labute approximate surface area is 107 Å². The highest BCUT2D eigenvalue weighted by atomic mass is 35.5. The average Bonchev–Trinajstić information content (AvgIpc) is 2.35. The Morgan fingerprint density at radius 2 is 1.71 bits per heavy atom. The van der Waals surface area contributed by atoms with E-state index in [1.165, 1.54) is 5.56 Å². The van der Waals surface area contributed by atoms with Gasteiger partial charge in [-0.25, -0.2) is 0 Å². The van der Waals surface area contributed by atoms with Crippen LogP contribution in [-0.4, -0.2) is 12.0 Å². The molecule has 17 heavy (non-hydrogen) atoms. The number of hydrogen-bond donors (Lipinski definition) is 1. The Morgan fingerprint density at radius 1 is 1.06 bits per heavy atom. The quantitative estimate of drug-likeness (QED) is 0.899. The van der Waals surface area contributed by atoms with Gasteiger partial charge in [0.2, 0.25) is 0 Å². The van der Waals surface area contributed by atoms with Crippen molar-refractivity contribution in [2.75, 3.05) is 7.05 Å². The van der Waals surface area contributed by atoms with Gasteiger partial charge in [-0.05, 0) is 43.3 Å². The van der Waals surface area contributed by atoms with E-state index in [4.69, 9.17) is 11.6 Å². The summed E-state index contributed by atoms with van der Waals surface area (Å²) in [6, 6.07) is 12.1. The maximum atomic E-state index is 5.89. The first-order valence-electron chi connectivity index (χ1n) is 5.56. The van der Waals surface area contributed by atoms with E-state index < -0.39 is 0 Å². The molecule has 0 aliphatic rings. The molecule has 2 aromatic rings. The summed E-state index contributed by atoms with van der Waals surface area (Å²) in [4.78, 5) is 4.32. The lowest BCUT2D eigenvalue weighted by atomic mass is 10.0. The first kappa shape index (κ1) is 12.1. The van der Waals surface area contributed by atoms with E-state index in [-0.39, 0.29) is 6.04 Å². The number of aromatic nitrogens is 1. The van der Waals surface area contributed by atoms with Gasteiger partial charge >= 0.3 is 0 Å². The van der Waals surface area contributed by atoms with Gasteiger partial charge in [-0.1, -0.05) is 29.8 Å². The minimum atomic E-state index is 0.153. The van der Waals surface area contributed by atoms with E-state index in [0.717, 1.165) is 16.3 Å². The monoisotopic (exact) mass is 246 g/mol. The van der Waals surface area contributed by atoms with Crippen molar-refractivity contribution in [2.24, 2.45) is 0 Å². The SMILES string of the molecule is CNC(c1ccc(Cl)cc1)c1ccc(C)nc1. The topological polar surface area (TPSA) is 24.9 Å². The molecular weight excluding hydrogens is 232 g/mol. The van der Waals surface area contributed by atoms with Crippen LogP contribution < -0.4 is 5.32 Å². The van der Waals surface area contributed by atoms with Crippen LogP contribution in [0.3, 0.4) is 0 Å². The molecule has 3 heteroatoms. The van der Waals surface area contributed by atoms with Crippen LogP contribution in [0.25, 0.3) is 0 Å². The van der Waals surface area contributed by atoms with Gasteiger partial charge < -0.3 is 5.32 Å². The Balaban J connectivity index is 2.33. The van der Waals surface area contributed by atoms with Gasteiger partial charge in [-0.2, -0.15) is 0 Å². The highest BCUT2D eigenvalue weighted by Crippen LogP contribution is 2.22. The Hall–Kier alpha value is -1.38. The molecule has 0 aliphatic carbocycles. The predicted octanol–water partition coefficient (Wildman–Crippen LogP) is 3.35. The Bertz CT molecular complexity index is 431. The summed E-state index contributed by atoms with van der Waals surface area (Å²) in [7, 11) is 1.94. The molecule has 2 rings (SSSR count). The fraction of sp³-hybridized carbons (Fsp3) is 0.214. The van der Waals surface area contributed by atoms with Crippen molar-refractivity contribution in [3.63, 3.8) is 0 Å². The molecule has 1 aromatic heterocycles. The van der Waals surface area contributed by atoms with E-state index in [0.29, 0.717) is 0 Å². The van der Waals surface area contributed by atoms with Crippen molar-refractivity contribution < 1.29 is 0 Å². The van der Waals surface area contributed by atoms with Crippen LogP contribution in [0.15, 0.2) is 42.6 Å². The number of hydrogen-bond acceptors (Lipinski definition) is 2. The van der Waals surface area contributed by atoms with Gasteiger partial charge in [0.25, 0.3) is 0 Å². The highest BCUT2D eigenvalue weighted by Gasteiger charge is 2.11. The van der Waals surface area contributed by atoms with E-state index >= 15 is 0 Å². The first-order chi connectivity index (χ1) is 8.20. The zero-order chi connectivity index (χ0) is 12.3. The molecule has 1 unspecified atom stereocenters. The lowest BCUT2D eigenvalue weighted by molar-refractivity contribution is 0.688. The largest absolute Gasteiger partial charge is 0.309 e. The summed E-state index contributed by atoms with van der Waals surface area (Å²) < 4.78 is 0. The third-order valence-electron chi connectivity index (χ3n) is 2.76. The predicted molar refractivity (Wildman–Crippen MR) is 71.3 cm³/mol. The lowest BCUT2D eigenvalue weighted by Gasteiger charge is -2.17. The number of aryl methyl sites for hydroxylation is 1. The summed E-state index contributed by atoms with van der Waals surface area (Å²) in [5.41, 5.74) is 3.36. The molecule has 0 spiro atoms. The van der Waals surface area contributed by atoms with Crippen LogP contribution in [0, 0.1) is 6.92 Å². The van der Waals surface area contributed by atoms with Crippen molar-refractivity contribution in [1.82, 2.24) is 10.3 Å². The summed E-state index contributed by atoms with van der Waals surface area (Å²) in [5, 5.41) is 4.05. The van der Waals surface area contributed by atoms with Crippen molar-refractivity contribution >= 4 is 11.6 Å². The van der Waals surface area contributed by atoms with Crippen LogP contribution in [0.4, 0.5) is 0 Å². The molecule has 2 nitrogen and oxygen atoms in total. The van der Waals surface area contributed by atoms with Crippen LogP contribution in [0.5, 0.6) is 0 Å². The standard InChI is InChI=1S/C14H15ClN2/c1-10-3-4-12(9-17-10)14(16-2)11-5-7-13(15)8-6-11/h3-9,14,16H,1-2H3. The number of nitrogens with zero attached hydrogens (tertiary/aromatic N) is 1. The fourth-order valence-corrected chi connectivity index (χ4v) is 1.96. The number of rotatable bonds is 3. The second kappa shape index (κ2) is 5.30. The lowest BCUT2D eigenvalue weighted by Crippen LogP contribution is -2.17. The smallest absolute Gasteiger partial charge is 0.0589 e. The second-order valence-corrected chi connectivity index (χ2v) is 4.44. The zero-order valence-electron chi connectivity index (χ0n) is 9.94. The molecule has 0 fully saturated rings. The molecule has 0 saturated heterocycles. The van der Waals surface area contributed by atoms with E-state index in [2.05, 4.69) is 16.4 Å². The van der Waals surface area contributed by atoms with Gasteiger partial charge in [0.05, 0.1) is 6.04 Å². The number of pyridine rings is 1. The van der Waals surface area contributed by atoms with Gasteiger partial charge in [0.1, 0.15) is 0 Å². The van der Waals surface area contributed by atoms with Crippen molar-refractivity contribution in [3.8, 4) is 0 Å². The third-order valence-corrected chi connectivity index (χ3v) is 3.01. The molecule has 1 atom stereocenters. The van der Waals surface area contributed by atoms with Crippen molar-refractivity contribution in [1.29, 1.82) is 0 Å². The van der Waals surface area contributed by atoms with Crippen LogP contribution in [0.2, 0.25) is 5.02 Å². The zero-order valence-corrected chi connectivity index (χ0v) is 10.7. The van der Waals surface area contributed by atoms with Crippen LogP contribution in [-0.2, 0) is 0 Å². The molecule has 0 saturated carbocycles. The summed E-state index contributed by atoms with van der Waals surface area (Å²) in [6.45, 7) is 1.99. The maximum Gasteiger partial charge on any atom is 0.0589 e. The molecule has 0 radical (unpaired) electrons. The number of nitrogens with one attached hydrogen (secondary N) is 1. The molecule has 0 amide bonds. The fourth-order valence-electron chi connectivity index (χ4n) is 1.83. The normalized spacial score (nSPS) is 12.4. The number of benzene rings is 1. The Kier molecular flexibility index (Phi) is 3.77.